The molecule has 1 saturated carbocycles. The molecule has 0 aromatic carbocycles. The Morgan fingerprint density at radius 3 is 2.40 bits per heavy atom. The molecule has 0 aromatic heterocycles. The molecule has 7 heteroatoms. The number of hydrogen-bond acceptors (Lipinski definition) is 3. The van der Waals surface area contributed by atoms with Gasteiger partial charge in [0.1, 0.15) is 5.70 Å². The molecule has 114 valence electrons. The lowest BCUT2D eigenvalue weighted by Crippen LogP contribution is -2.43. The van der Waals surface area contributed by atoms with Gasteiger partial charge in [-0.3, -0.25) is 4.79 Å². The van der Waals surface area contributed by atoms with Crippen molar-refractivity contribution in [1.82, 2.24) is 5.32 Å². The molecular formula is C13H19F3N2O2. The van der Waals surface area contributed by atoms with Gasteiger partial charge >= 0.3 is 12.1 Å². The van der Waals surface area contributed by atoms with Crippen LogP contribution in [0.1, 0.15) is 33.1 Å². The molecule has 3 N–H and O–H groups in total. The smallest absolute Gasteiger partial charge is 0.431 e. The fourth-order valence-corrected chi connectivity index (χ4v) is 2.51. The van der Waals surface area contributed by atoms with Gasteiger partial charge in [-0.05, 0) is 37.7 Å². The van der Waals surface area contributed by atoms with Crippen LogP contribution in [-0.2, 0) is 4.79 Å². The zero-order valence-corrected chi connectivity index (χ0v) is 11.4. The standard InChI is InChI=1S/C13H19F3N2O2/c1-7-5-9(12(19)20)3-4-10(7)18-11(8(2)6-17)13(14,15)16/h6-7,9-10,17-18H,3-5H2,1-2H3,(H,19,20)/b11-8-,17-6?. The van der Waals surface area contributed by atoms with Gasteiger partial charge in [0.25, 0.3) is 0 Å². The first-order valence-corrected chi connectivity index (χ1v) is 6.44. The maximum absolute atomic E-state index is 12.9. The van der Waals surface area contributed by atoms with Crippen LogP contribution in [0.25, 0.3) is 0 Å². The van der Waals surface area contributed by atoms with Gasteiger partial charge in [0.2, 0.25) is 0 Å². The minimum absolute atomic E-state index is 0.166. The van der Waals surface area contributed by atoms with E-state index < -0.39 is 29.8 Å². The maximum Gasteiger partial charge on any atom is 0.431 e. The molecule has 0 bridgehead atoms. The molecule has 0 spiro atoms. The van der Waals surface area contributed by atoms with Gasteiger partial charge in [0, 0.05) is 12.3 Å². The Kier molecular flexibility index (Phi) is 5.19. The molecular weight excluding hydrogens is 273 g/mol. The van der Waals surface area contributed by atoms with E-state index in [1.165, 1.54) is 6.92 Å². The van der Waals surface area contributed by atoms with Crippen LogP contribution in [0, 0.1) is 17.2 Å². The lowest BCUT2D eigenvalue weighted by Gasteiger charge is -2.34. The SMILES string of the molecule is C/C(C=N)=C(/NC1CCC(C(=O)O)CC1C)C(F)(F)F. The summed E-state index contributed by atoms with van der Waals surface area (Å²) in [5, 5.41) is 18.4. The van der Waals surface area contributed by atoms with E-state index in [0.29, 0.717) is 25.5 Å². The van der Waals surface area contributed by atoms with Crippen LogP contribution in [0.3, 0.4) is 0 Å². The molecule has 1 aliphatic rings. The molecule has 0 radical (unpaired) electrons. The molecule has 0 aromatic rings. The zero-order chi connectivity index (χ0) is 15.5. The highest BCUT2D eigenvalue weighted by atomic mass is 19.4. The minimum Gasteiger partial charge on any atom is -0.481 e. The lowest BCUT2D eigenvalue weighted by molar-refractivity contribution is -0.143. The van der Waals surface area contributed by atoms with Crippen molar-refractivity contribution in [3.8, 4) is 0 Å². The molecule has 0 amide bonds. The quantitative estimate of drug-likeness (QED) is 0.697. The first-order chi connectivity index (χ1) is 9.16. The Labute approximate surface area is 115 Å². The van der Waals surface area contributed by atoms with E-state index in [1.807, 2.05) is 0 Å². The molecule has 0 heterocycles. The summed E-state index contributed by atoms with van der Waals surface area (Å²) in [6, 6.07) is -0.419. The van der Waals surface area contributed by atoms with Gasteiger partial charge in [0.15, 0.2) is 0 Å². The second kappa shape index (κ2) is 6.28. The number of allylic oxidation sites excluding steroid dienone is 2. The first kappa shape index (κ1) is 16.5. The number of alkyl halides is 3. The van der Waals surface area contributed by atoms with E-state index in [1.54, 1.807) is 6.92 Å². The molecule has 1 aliphatic carbocycles. The van der Waals surface area contributed by atoms with Crippen LogP contribution in [0.2, 0.25) is 0 Å². The zero-order valence-electron chi connectivity index (χ0n) is 11.4. The van der Waals surface area contributed by atoms with Crippen molar-refractivity contribution >= 4 is 12.2 Å². The molecule has 0 aliphatic heterocycles. The number of aliphatic carboxylic acids is 1. The number of carboxylic acid groups (broad SMARTS) is 1. The van der Waals surface area contributed by atoms with Crippen LogP contribution < -0.4 is 5.32 Å². The molecule has 20 heavy (non-hydrogen) atoms. The Hall–Kier alpha value is -1.53. The monoisotopic (exact) mass is 292 g/mol. The highest BCUT2D eigenvalue weighted by molar-refractivity contribution is 5.76. The van der Waals surface area contributed by atoms with Crippen molar-refractivity contribution in [3.05, 3.63) is 11.3 Å². The molecule has 1 fully saturated rings. The van der Waals surface area contributed by atoms with Crippen molar-refractivity contribution < 1.29 is 23.1 Å². The minimum atomic E-state index is -4.54. The fraction of sp³-hybridized carbons (Fsp3) is 0.692. The number of nitrogens with one attached hydrogen (secondary N) is 2. The third-order valence-corrected chi connectivity index (χ3v) is 3.74. The predicted molar refractivity (Wildman–Crippen MR) is 68.6 cm³/mol. The van der Waals surface area contributed by atoms with Gasteiger partial charge in [-0.2, -0.15) is 13.2 Å². The van der Waals surface area contributed by atoms with E-state index in [9.17, 15) is 18.0 Å². The number of carboxylic acids is 1. The second-order valence-electron chi connectivity index (χ2n) is 5.28. The number of carbonyl (C=O) groups is 1. The average Bonchev–Trinajstić information content (AvgIpc) is 2.34. The highest BCUT2D eigenvalue weighted by Crippen LogP contribution is 2.33. The summed E-state index contributed by atoms with van der Waals surface area (Å²) >= 11 is 0. The van der Waals surface area contributed by atoms with Gasteiger partial charge < -0.3 is 15.8 Å². The third-order valence-electron chi connectivity index (χ3n) is 3.74. The summed E-state index contributed by atoms with van der Waals surface area (Å²) < 4.78 is 38.8. The summed E-state index contributed by atoms with van der Waals surface area (Å²) in [5.74, 6) is -1.54. The summed E-state index contributed by atoms with van der Waals surface area (Å²) in [6.45, 7) is 2.98. The Morgan fingerprint density at radius 1 is 1.40 bits per heavy atom. The highest BCUT2D eigenvalue weighted by Gasteiger charge is 2.39. The van der Waals surface area contributed by atoms with Crippen LogP contribution in [-0.4, -0.2) is 29.5 Å². The fourth-order valence-electron chi connectivity index (χ4n) is 2.51. The Balaban J connectivity index is 2.82. The van der Waals surface area contributed by atoms with Crippen molar-refractivity contribution in [2.45, 2.75) is 45.3 Å². The van der Waals surface area contributed by atoms with E-state index in [-0.39, 0.29) is 11.5 Å². The van der Waals surface area contributed by atoms with Crippen molar-refractivity contribution in [2.75, 3.05) is 0 Å². The predicted octanol–water partition coefficient (Wildman–Crippen LogP) is 2.95. The molecule has 4 nitrogen and oxygen atoms in total. The number of hydrogen-bond donors (Lipinski definition) is 3. The van der Waals surface area contributed by atoms with Crippen LogP contribution in [0.5, 0.6) is 0 Å². The van der Waals surface area contributed by atoms with Gasteiger partial charge in [-0.25, -0.2) is 0 Å². The van der Waals surface area contributed by atoms with E-state index in [2.05, 4.69) is 5.32 Å². The largest absolute Gasteiger partial charge is 0.481 e. The summed E-state index contributed by atoms with van der Waals surface area (Å²) in [5.41, 5.74) is -1.08. The van der Waals surface area contributed by atoms with E-state index in [0.717, 1.165) is 0 Å². The summed E-state index contributed by atoms with van der Waals surface area (Å²) in [7, 11) is 0. The number of halogens is 3. The van der Waals surface area contributed by atoms with Crippen LogP contribution in [0.4, 0.5) is 13.2 Å². The summed E-state index contributed by atoms with van der Waals surface area (Å²) in [6.07, 6.45) is -2.76. The van der Waals surface area contributed by atoms with E-state index in [4.69, 9.17) is 10.5 Å². The molecule has 3 atom stereocenters. The van der Waals surface area contributed by atoms with Crippen molar-refractivity contribution in [1.29, 1.82) is 5.41 Å². The van der Waals surface area contributed by atoms with Gasteiger partial charge in [-0.15, -0.1) is 0 Å². The van der Waals surface area contributed by atoms with E-state index >= 15 is 0 Å². The Bertz CT molecular complexity index is 418. The first-order valence-electron chi connectivity index (χ1n) is 6.44. The molecule has 3 unspecified atom stereocenters. The molecule has 1 rings (SSSR count). The van der Waals surface area contributed by atoms with Crippen molar-refractivity contribution in [2.24, 2.45) is 11.8 Å². The topological polar surface area (TPSA) is 73.2 Å². The summed E-state index contributed by atoms with van der Waals surface area (Å²) in [4.78, 5) is 10.9. The second-order valence-corrected chi connectivity index (χ2v) is 5.28. The molecule has 0 saturated heterocycles. The lowest BCUT2D eigenvalue weighted by atomic mass is 9.79. The third kappa shape index (κ3) is 3.98. The van der Waals surface area contributed by atoms with Crippen LogP contribution in [0.15, 0.2) is 11.3 Å². The Morgan fingerprint density at radius 2 is 2.00 bits per heavy atom. The number of rotatable bonds is 4. The van der Waals surface area contributed by atoms with Crippen molar-refractivity contribution in [3.63, 3.8) is 0 Å². The van der Waals surface area contributed by atoms with Crippen LogP contribution >= 0.6 is 0 Å². The van der Waals surface area contributed by atoms with Gasteiger partial charge in [0.05, 0.1) is 5.92 Å². The van der Waals surface area contributed by atoms with Gasteiger partial charge in [-0.1, -0.05) is 6.92 Å². The average molecular weight is 292 g/mol. The maximum atomic E-state index is 12.9. The normalized spacial score (nSPS) is 28.6.